The molecule has 0 aromatic heterocycles. The number of rotatable bonds is 1. The summed E-state index contributed by atoms with van der Waals surface area (Å²) in [5.74, 6) is 1.22. The van der Waals surface area contributed by atoms with Crippen molar-refractivity contribution < 1.29 is 9.53 Å². The molecular weight excluding hydrogens is 272 g/mol. The maximum Gasteiger partial charge on any atom is 0.139 e. The number of allylic oxidation sites excluding steroid dienone is 3. The summed E-state index contributed by atoms with van der Waals surface area (Å²) < 4.78 is 6.03. The molecule has 0 N–H and O–H groups in total. The van der Waals surface area contributed by atoms with Crippen LogP contribution in [0.1, 0.15) is 66.2 Å². The molecule has 1 saturated heterocycles. The lowest BCUT2D eigenvalue weighted by atomic mass is 9.69. The van der Waals surface area contributed by atoms with Crippen LogP contribution < -0.4 is 0 Å². The van der Waals surface area contributed by atoms with Crippen LogP contribution in [-0.2, 0) is 9.53 Å². The van der Waals surface area contributed by atoms with Gasteiger partial charge in [-0.05, 0) is 64.7 Å². The van der Waals surface area contributed by atoms with Gasteiger partial charge in [0.2, 0.25) is 0 Å². The molecular formula is C20H30O2. The number of ether oxygens (including phenoxy) is 1. The average molecular weight is 302 g/mol. The van der Waals surface area contributed by atoms with Gasteiger partial charge >= 0.3 is 0 Å². The molecule has 3 aliphatic rings. The zero-order valence-electron chi connectivity index (χ0n) is 14.6. The number of carbonyl (C=O) groups excluding carboxylic acids is 1. The van der Waals surface area contributed by atoms with Crippen LogP contribution in [-0.4, -0.2) is 17.5 Å². The SMILES string of the molecule is C=C(C)[C@H]1CC(=O)[C@@]2(C)C[C@H]3O[C@@]3(C)CC/C=C(\C)CC[C@H]12. The molecule has 2 aliphatic carbocycles. The van der Waals surface area contributed by atoms with E-state index in [1.165, 1.54) is 11.1 Å². The van der Waals surface area contributed by atoms with Gasteiger partial charge in [0, 0.05) is 11.8 Å². The van der Waals surface area contributed by atoms with Gasteiger partial charge < -0.3 is 4.74 Å². The van der Waals surface area contributed by atoms with Crippen LogP contribution in [0.4, 0.5) is 0 Å². The van der Waals surface area contributed by atoms with Crippen LogP contribution in [0.5, 0.6) is 0 Å². The third kappa shape index (κ3) is 2.60. The molecule has 0 aromatic carbocycles. The van der Waals surface area contributed by atoms with Crippen molar-refractivity contribution in [1.82, 2.24) is 0 Å². The van der Waals surface area contributed by atoms with Crippen molar-refractivity contribution in [3.8, 4) is 0 Å². The first-order chi connectivity index (χ1) is 10.3. The standard InChI is InChI=1S/C20H30O2/c1-13(2)15-11-17(21)19(4)12-18-20(5,22-18)10-6-7-14(3)8-9-16(15)19/h7,15-16,18H,1,6,8-12H2,2-5H3/b14-7+/t15-,16-,18-,19+,20+/m1/s1. The van der Waals surface area contributed by atoms with Crippen molar-refractivity contribution in [2.75, 3.05) is 0 Å². The van der Waals surface area contributed by atoms with Crippen molar-refractivity contribution in [1.29, 1.82) is 0 Å². The zero-order valence-corrected chi connectivity index (χ0v) is 14.6. The molecule has 0 aromatic rings. The second kappa shape index (κ2) is 5.33. The maximum atomic E-state index is 12.8. The van der Waals surface area contributed by atoms with Gasteiger partial charge in [-0.25, -0.2) is 0 Å². The van der Waals surface area contributed by atoms with Crippen molar-refractivity contribution in [2.24, 2.45) is 17.3 Å². The molecule has 22 heavy (non-hydrogen) atoms. The Kier molecular flexibility index (Phi) is 3.87. The molecule has 0 unspecified atom stereocenters. The van der Waals surface area contributed by atoms with Gasteiger partial charge in [-0.2, -0.15) is 0 Å². The lowest BCUT2D eigenvalue weighted by Crippen LogP contribution is -2.33. The van der Waals surface area contributed by atoms with Crippen molar-refractivity contribution in [3.05, 3.63) is 23.8 Å². The predicted molar refractivity (Wildman–Crippen MR) is 89.6 cm³/mol. The van der Waals surface area contributed by atoms with Crippen molar-refractivity contribution >= 4 is 5.78 Å². The minimum atomic E-state index is -0.226. The molecule has 0 amide bonds. The average Bonchev–Trinajstić information content (AvgIpc) is 2.97. The van der Waals surface area contributed by atoms with E-state index in [0.29, 0.717) is 24.0 Å². The number of Topliss-reactive ketones (excluding diaryl/α,β-unsaturated/α-hetero) is 1. The van der Waals surface area contributed by atoms with Crippen LogP contribution >= 0.6 is 0 Å². The lowest BCUT2D eigenvalue weighted by Gasteiger charge is -2.33. The highest BCUT2D eigenvalue weighted by Gasteiger charge is 2.59. The highest BCUT2D eigenvalue weighted by molar-refractivity contribution is 5.88. The van der Waals surface area contributed by atoms with E-state index >= 15 is 0 Å². The Bertz CT molecular complexity index is 532. The Balaban J connectivity index is 1.92. The van der Waals surface area contributed by atoms with E-state index in [0.717, 1.165) is 32.1 Å². The fraction of sp³-hybridized carbons (Fsp3) is 0.750. The van der Waals surface area contributed by atoms with E-state index in [-0.39, 0.29) is 17.1 Å². The predicted octanol–water partition coefficient (Wildman–Crippen LogP) is 4.84. The van der Waals surface area contributed by atoms with Crippen LogP contribution in [0.3, 0.4) is 0 Å². The number of hydrogen-bond donors (Lipinski definition) is 0. The number of fused-ring (bicyclic) bond motifs is 2. The molecule has 2 fully saturated rings. The van der Waals surface area contributed by atoms with Gasteiger partial charge in [0.05, 0.1) is 11.7 Å². The molecule has 5 atom stereocenters. The van der Waals surface area contributed by atoms with E-state index in [1.807, 2.05) is 0 Å². The minimum Gasteiger partial charge on any atom is -0.366 e. The van der Waals surface area contributed by atoms with Crippen LogP contribution in [0.2, 0.25) is 0 Å². The molecule has 0 spiro atoms. The lowest BCUT2D eigenvalue weighted by molar-refractivity contribution is -0.127. The van der Waals surface area contributed by atoms with Crippen molar-refractivity contribution in [2.45, 2.75) is 77.9 Å². The third-order valence-corrected chi connectivity index (χ3v) is 6.61. The van der Waals surface area contributed by atoms with Gasteiger partial charge in [0.1, 0.15) is 5.78 Å². The topological polar surface area (TPSA) is 29.6 Å². The largest absolute Gasteiger partial charge is 0.366 e. The highest BCUT2D eigenvalue weighted by atomic mass is 16.6. The number of epoxide rings is 1. The summed E-state index contributed by atoms with van der Waals surface area (Å²) in [6.07, 6.45) is 8.61. The number of ketones is 1. The smallest absolute Gasteiger partial charge is 0.139 e. The third-order valence-electron chi connectivity index (χ3n) is 6.61. The maximum absolute atomic E-state index is 12.8. The Labute approximate surface area is 135 Å². The van der Waals surface area contributed by atoms with E-state index in [1.54, 1.807) is 0 Å². The van der Waals surface area contributed by atoms with Gasteiger partial charge in [-0.1, -0.05) is 30.7 Å². The molecule has 122 valence electrons. The van der Waals surface area contributed by atoms with Crippen LogP contribution in [0.25, 0.3) is 0 Å². The fourth-order valence-corrected chi connectivity index (χ4v) is 4.77. The monoisotopic (exact) mass is 302 g/mol. The summed E-state index contributed by atoms with van der Waals surface area (Å²) in [6.45, 7) is 12.9. The quantitative estimate of drug-likeness (QED) is 0.512. The summed E-state index contributed by atoms with van der Waals surface area (Å²) in [7, 11) is 0. The van der Waals surface area contributed by atoms with Gasteiger partial charge in [0.15, 0.2) is 0 Å². The summed E-state index contributed by atoms with van der Waals surface area (Å²) in [4.78, 5) is 12.8. The Morgan fingerprint density at radius 3 is 2.82 bits per heavy atom. The molecule has 3 rings (SSSR count). The first-order valence-electron chi connectivity index (χ1n) is 8.78. The molecule has 2 nitrogen and oxygen atoms in total. The zero-order chi connectivity index (χ0) is 16.1. The molecule has 1 heterocycles. The first-order valence-corrected chi connectivity index (χ1v) is 8.78. The van der Waals surface area contributed by atoms with Gasteiger partial charge in [-0.15, -0.1) is 0 Å². The molecule has 2 heteroatoms. The normalized spacial score (nSPS) is 47.7. The Hall–Kier alpha value is -0.890. The molecule has 0 bridgehead atoms. The van der Waals surface area contributed by atoms with E-state index < -0.39 is 0 Å². The summed E-state index contributed by atoms with van der Waals surface area (Å²) in [6, 6.07) is 0. The van der Waals surface area contributed by atoms with E-state index in [9.17, 15) is 4.79 Å². The van der Waals surface area contributed by atoms with Crippen LogP contribution in [0, 0.1) is 17.3 Å². The van der Waals surface area contributed by atoms with E-state index in [4.69, 9.17) is 4.74 Å². The number of hydrogen-bond acceptors (Lipinski definition) is 2. The second-order valence-electron chi connectivity index (χ2n) is 8.36. The van der Waals surface area contributed by atoms with E-state index in [2.05, 4.69) is 40.3 Å². The fourth-order valence-electron chi connectivity index (χ4n) is 4.77. The van der Waals surface area contributed by atoms with Crippen molar-refractivity contribution in [3.63, 3.8) is 0 Å². The molecule has 1 aliphatic heterocycles. The van der Waals surface area contributed by atoms with Crippen LogP contribution in [0.15, 0.2) is 23.8 Å². The minimum absolute atomic E-state index is 0.00370. The van der Waals surface area contributed by atoms with Gasteiger partial charge in [-0.3, -0.25) is 4.79 Å². The molecule has 0 radical (unpaired) electrons. The second-order valence-corrected chi connectivity index (χ2v) is 8.36. The number of carbonyl (C=O) groups is 1. The highest BCUT2D eigenvalue weighted by Crippen LogP contribution is 2.56. The Morgan fingerprint density at radius 1 is 1.41 bits per heavy atom. The first kappa shape index (κ1) is 16.0. The molecule has 1 saturated carbocycles. The summed E-state index contributed by atoms with van der Waals surface area (Å²) in [5, 5.41) is 0. The Morgan fingerprint density at radius 2 is 2.14 bits per heavy atom. The van der Waals surface area contributed by atoms with Gasteiger partial charge in [0.25, 0.3) is 0 Å². The summed E-state index contributed by atoms with van der Waals surface area (Å²) in [5.41, 5.74) is 2.41. The summed E-state index contributed by atoms with van der Waals surface area (Å²) >= 11 is 0.